The minimum Gasteiger partial charge on any atom is -0.497 e. The van der Waals surface area contributed by atoms with Crippen molar-refractivity contribution in [2.24, 2.45) is 5.92 Å². The molecule has 1 aliphatic rings. The fourth-order valence-corrected chi connectivity index (χ4v) is 4.61. The highest BCUT2D eigenvalue weighted by Gasteiger charge is 2.33. The molecule has 3 atom stereocenters. The minimum absolute atomic E-state index is 0.165. The molecule has 0 aromatic heterocycles. The maximum absolute atomic E-state index is 13.1. The highest BCUT2D eigenvalue weighted by Crippen LogP contribution is 2.26. The molecule has 5 nitrogen and oxygen atoms in total. The van der Waals surface area contributed by atoms with E-state index >= 15 is 0 Å². The summed E-state index contributed by atoms with van der Waals surface area (Å²) in [6.45, 7) is 4.09. The van der Waals surface area contributed by atoms with E-state index in [-0.39, 0.29) is 34.8 Å². The van der Waals surface area contributed by atoms with Crippen LogP contribution in [0.1, 0.15) is 31.0 Å². The van der Waals surface area contributed by atoms with Crippen molar-refractivity contribution in [2.75, 3.05) is 12.9 Å². The first-order valence-corrected chi connectivity index (χ1v) is 11.0. The van der Waals surface area contributed by atoms with Gasteiger partial charge >= 0.3 is 0 Å². The zero-order valence-corrected chi connectivity index (χ0v) is 18.2. The van der Waals surface area contributed by atoms with Gasteiger partial charge < -0.3 is 15.4 Å². The second kappa shape index (κ2) is 9.98. The predicted molar refractivity (Wildman–Crippen MR) is 117 cm³/mol. The molecule has 160 valence electrons. The van der Waals surface area contributed by atoms with Crippen LogP contribution in [0.5, 0.6) is 5.75 Å². The van der Waals surface area contributed by atoms with Gasteiger partial charge in [0.15, 0.2) is 0 Å². The highest BCUT2D eigenvalue weighted by molar-refractivity contribution is 8.00. The summed E-state index contributed by atoms with van der Waals surface area (Å²) >= 11 is 1.46. The van der Waals surface area contributed by atoms with Gasteiger partial charge in [0.2, 0.25) is 11.8 Å². The summed E-state index contributed by atoms with van der Waals surface area (Å²) in [5.74, 6) is 0.785. The number of amides is 2. The number of carbonyl (C=O) groups is 2. The van der Waals surface area contributed by atoms with Crippen LogP contribution < -0.4 is 15.4 Å². The van der Waals surface area contributed by atoms with Crippen LogP contribution in [0, 0.1) is 11.7 Å². The normalized spacial score (nSPS) is 19.8. The molecule has 0 saturated carbocycles. The molecule has 3 unspecified atom stereocenters. The lowest BCUT2D eigenvalue weighted by Gasteiger charge is -2.30. The van der Waals surface area contributed by atoms with Crippen molar-refractivity contribution < 1.29 is 18.7 Å². The molecule has 3 rings (SSSR count). The van der Waals surface area contributed by atoms with Crippen LogP contribution in [-0.2, 0) is 16.0 Å². The summed E-state index contributed by atoms with van der Waals surface area (Å²) in [5.41, 5.74) is 1.88. The molecule has 2 N–H and O–H groups in total. The van der Waals surface area contributed by atoms with E-state index in [0.717, 1.165) is 16.9 Å². The van der Waals surface area contributed by atoms with Crippen molar-refractivity contribution in [3.8, 4) is 5.75 Å². The van der Waals surface area contributed by atoms with Crippen molar-refractivity contribution in [3.05, 3.63) is 65.5 Å². The summed E-state index contributed by atoms with van der Waals surface area (Å²) < 4.78 is 18.3. The van der Waals surface area contributed by atoms with Crippen LogP contribution in [0.15, 0.2) is 48.5 Å². The van der Waals surface area contributed by atoms with Crippen LogP contribution in [0.2, 0.25) is 0 Å². The summed E-state index contributed by atoms with van der Waals surface area (Å²) in [7, 11) is 1.61. The van der Waals surface area contributed by atoms with Gasteiger partial charge in [0, 0.05) is 5.75 Å². The van der Waals surface area contributed by atoms with Crippen LogP contribution in [-0.4, -0.2) is 36.0 Å². The number of nitrogens with one attached hydrogen (secondary N) is 2. The van der Waals surface area contributed by atoms with E-state index in [0.29, 0.717) is 12.2 Å². The summed E-state index contributed by atoms with van der Waals surface area (Å²) in [5, 5.41) is 5.64. The Hall–Kier alpha value is -2.54. The Balaban J connectivity index is 1.59. The third-order valence-electron chi connectivity index (χ3n) is 5.16. The van der Waals surface area contributed by atoms with E-state index in [1.165, 1.54) is 23.9 Å². The Bertz CT molecular complexity index is 871. The second-order valence-electron chi connectivity index (χ2n) is 7.72. The van der Waals surface area contributed by atoms with Gasteiger partial charge in [0.05, 0.1) is 18.4 Å². The fourth-order valence-electron chi connectivity index (χ4n) is 3.42. The average Bonchev–Trinajstić information content (AvgIpc) is 2.74. The number of thioether (sulfide) groups is 1. The van der Waals surface area contributed by atoms with E-state index in [4.69, 9.17) is 4.74 Å². The standard InChI is InChI=1S/C23H27FN2O3S/c1-14(2)21(16-6-10-18(29-3)11-7-16)26-22(27)19-13-30-20(23(28)25-19)12-15-4-8-17(24)9-5-15/h4-11,14,19-21H,12-13H2,1-3H3,(H,25,28)(H,26,27). The van der Waals surface area contributed by atoms with Crippen molar-refractivity contribution in [2.45, 2.75) is 37.6 Å². The quantitative estimate of drug-likeness (QED) is 0.706. The summed E-state index contributed by atoms with van der Waals surface area (Å²) in [6, 6.07) is 13.0. The zero-order valence-electron chi connectivity index (χ0n) is 17.4. The predicted octanol–water partition coefficient (Wildman–Crippen LogP) is 3.49. The number of rotatable bonds is 7. The molecule has 1 heterocycles. The van der Waals surface area contributed by atoms with Gasteiger partial charge in [0.1, 0.15) is 17.6 Å². The lowest BCUT2D eigenvalue weighted by Crippen LogP contribution is -2.55. The zero-order chi connectivity index (χ0) is 21.7. The van der Waals surface area contributed by atoms with E-state index in [1.54, 1.807) is 19.2 Å². The number of carbonyl (C=O) groups excluding carboxylic acids is 2. The smallest absolute Gasteiger partial charge is 0.243 e. The first kappa shape index (κ1) is 22.2. The average molecular weight is 431 g/mol. The van der Waals surface area contributed by atoms with Crippen LogP contribution >= 0.6 is 11.8 Å². The summed E-state index contributed by atoms with van der Waals surface area (Å²) in [4.78, 5) is 25.4. The Kier molecular flexibility index (Phi) is 7.37. The van der Waals surface area contributed by atoms with Crippen LogP contribution in [0.3, 0.4) is 0 Å². The molecule has 2 aromatic rings. The third kappa shape index (κ3) is 5.53. The number of benzene rings is 2. The van der Waals surface area contributed by atoms with Gasteiger partial charge in [0.25, 0.3) is 0 Å². The lowest BCUT2D eigenvalue weighted by molar-refractivity contribution is -0.129. The first-order valence-electron chi connectivity index (χ1n) is 9.98. The van der Waals surface area contributed by atoms with E-state index in [2.05, 4.69) is 10.6 Å². The summed E-state index contributed by atoms with van der Waals surface area (Å²) in [6.07, 6.45) is 0.506. The SMILES string of the molecule is COc1ccc(C(NC(=O)C2CSC(Cc3ccc(F)cc3)C(=O)N2)C(C)C)cc1. The van der Waals surface area contributed by atoms with Gasteiger partial charge in [-0.2, -0.15) is 0 Å². The number of methoxy groups -OCH3 is 1. The van der Waals surface area contributed by atoms with Crippen molar-refractivity contribution in [1.82, 2.24) is 10.6 Å². The monoisotopic (exact) mass is 430 g/mol. The van der Waals surface area contributed by atoms with Gasteiger partial charge in [-0.05, 0) is 47.7 Å². The topological polar surface area (TPSA) is 67.4 Å². The molecule has 0 spiro atoms. The van der Waals surface area contributed by atoms with Crippen molar-refractivity contribution in [1.29, 1.82) is 0 Å². The number of hydrogen-bond donors (Lipinski definition) is 2. The minimum atomic E-state index is -0.577. The Labute approximate surface area is 180 Å². The van der Waals surface area contributed by atoms with Crippen molar-refractivity contribution >= 4 is 23.6 Å². The molecule has 1 aliphatic heterocycles. The fraction of sp³-hybridized carbons (Fsp3) is 0.391. The molecule has 30 heavy (non-hydrogen) atoms. The molecule has 2 amide bonds. The second-order valence-corrected chi connectivity index (χ2v) is 8.95. The highest BCUT2D eigenvalue weighted by atomic mass is 32.2. The van der Waals surface area contributed by atoms with Gasteiger partial charge in [-0.25, -0.2) is 4.39 Å². The Morgan fingerprint density at radius 2 is 1.87 bits per heavy atom. The van der Waals surface area contributed by atoms with Gasteiger partial charge in [-0.1, -0.05) is 38.1 Å². The Morgan fingerprint density at radius 3 is 2.43 bits per heavy atom. The van der Waals surface area contributed by atoms with Crippen LogP contribution in [0.25, 0.3) is 0 Å². The Morgan fingerprint density at radius 1 is 1.20 bits per heavy atom. The molecule has 2 aromatic carbocycles. The first-order chi connectivity index (χ1) is 14.4. The van der Waals surface area contributed by atoms with E-state index in [1.807, 2.05) is 38.1 Å². The number of ether oxygens (including phenoxy) is 1. The molecule has 1 saturated heterocycles. The van der Waals surface area contributed by atoms with E-state index in [9.17, 15) is 14.0 Å². The molecule has 1 fully saturated rings. The lowest BCUT2D eigenvalue weighted by atomic mass is 9.95. The molecule has 0 radical (unpaired) electrons. The maximum atomic E-state index is 13.1. The number of hydrogen-bond acceptors (Lipinski definition) is 4. The maximum Gasteiger partial charge on any atom is 0.243 e. The molecule has 0 bridgehead atoms. The third-order valence-corrected chi connectivity index (χ3v) is 6.47. The molecular formula is C23H27FN2O3S. The molecule has 7 heteroatoms. The number of halogens is 1. The van der Waals surface area contributed by atoms with Crippen LogP contribution in [0.4, 0.5) is 4.39 Å². The largest absolute Gasteiger partial charge is 0.497 e. The molecule has 0 aliphatic carbocycles. The van der Waals surface area contributed by atoms with E-state index < -0.39 is 6.04 Å². The molecular weight excluding hydrogens is 403 g/mol. The van der Waals surface area contributed by atoms with Gasteiger partial charge in [-0.15, -0.1) is 11.8 Å². The van der Waals surface area contributed by atoms with Gasteiger partial charge in [-0.3, -0.25) is 9.59 Å². The van der Waals surface area contributed by atoms with Crippen molar-refractivity contribution in [3.63, 3.8) is 0 Å².